The van der Waals surface area contributed by atoms with Gasteiger partial charge in [0.25, 0.3) is 0 Å². The molecule has 2 aromatic rings. The highest BCUT2D eigenvalue weighted by molar-refractivity contribution is 5.85. The van der Waals surface area contributed by atoms with Gasteiger partial charge in [-0.3, -0.25) is 0 Å². The van der Waals surface area contributed by atoms with E-state index in [1.54, 1.807) is 12.1 Å². The molecule has 0 radical (unpaired) electrons. The van der Waals surface area contributed by atoms with E-state index in [0.29, 0.717) is 6.04 Å². The summed E-state index contributed by atoms with van der Waals surface area (Å²) in [4.78, 5) is 0. The molecule has 1 N–H and O–H groups in total. The summed E-state index contributed by atoms with van der Waals surface area (Å²) in [5, 5.41) is 4.43. The Kier molecular flexibility index (Phi) is 3.31. The van der Waals surface area contributed by atoms with Crippen LogP contribution in [0.15, 0.2) is 16.5 Å². The zero-order valence-electron chi connectivity index (χ0n) is 11.6. The number of rotatable bonds is 5. The molecule has 0 aliphatic heterocycles. The molecule has 3 rings (SSSR count). The molecule has 1 fully saturated rings. The summed E-state index contributed by atoms with van der Waals surface area (Å²) in [6.07, 6.45) is 4.51. The molecule has 1 aliphatic rings. The fourth-order valence-corrected chi connectivity index (χ4v) is 2.62. The quantitative estimate of drug-likeness (QED) is 0.877. The second-order valence-corrected chi connectivity index (χ2v) is 5.51. The van der Waals surface area contributed by atoms with E-state index in [4.69, 9.17) is 4.42 Å². The lowest BCUT2D eigenvalue weighted by Crippen LogP contribution is -2.15. The van der Waals surface area contributed by atoms with Crippen LogP contribution in [-0.2, 0) is 13.0 Å². The summed E-state index contributed by atoms with van der Waals surface area (Å²) >= 11 is 0. The molecule has 1 saturated carbocycles. The van der Waals surface area contributed by atoms with Gasteiger partial charge in [0.1, 0.15) is 17.2 Å². The maximum atomic E-state index is 13.6. The molecule has 1 aromatic carbocycles. The molecule has 0 bridgehead atoms. The van der Waals surface area contributed by atoms with Gasteiger partial charge in [-0.1, -0.05) is 13.3 Å². The van der Waals surface area contributed by atoms with E-state index in [2.05, 4.69) is 12.2 Å². The van der Waals surface area contributed by atoms with Gasteiger partial charge in [-0.05, 0) is 43.9 Å². The fraction of sp³-hybridized carbons (Fsp3) is 0.500. The maximum absolute atomic E-state index is 13.6. The van der Waals surface area contributed by atoms with E-state index in [-0.39, 0.29) is 5.82 Å². The number of nitrogens with one attached hydrogen (secondary N) is 1. The lowest BCUT2D eigenvalue weighted by molar-refractivity contribution is 0.504. The minimum absolute atomic E-state index is 0.176. The first-order valence-electron chi connectivity index (χ1n) is 7.12. The van der Waals surface area contributed by atoms with Crippen LogP contribution in [0.5, 0.6) is 0 Å². The number of benzene rings is 1. The van der Waals surface area contributed by atoms with Crippen LogP contribution in [0.2, 0.25) is 0 Å². The van der Waals surface area contributed by atoms with Crippen molar-refractivity contribution in [3.05, 3.63) is 34.8 Å². The van der Waals surface area contributed by atoms with Crippen molar-refractivity contribution in [1.29, 1.82) is 0 Å². The molecular weight excluding hydrogens is 241 g/mol. The van der Waals surface area contributed by atoms with E-state index in [9.17, 15) is 4.39 Å². The van der Waals surface area contributed by atoms with Crippen LogP contribution in [-0.4, -0.2) is 6.04 Å². The van der Waals surface area contributed by atoms with Gasteiger partial charge in [-0.2, -0.15) is 0 Å². The first kappa shape index (κ1) is 12.7. The summed E-state index contributed by atoms with van der Waals surface area (Å²) in [6, 6.07) is 3.80. The maximum Gasteiger partial charge on any atom is 0.137 e. The molecule has 0 amide bonds. The largest absolute Gasteiger partial charge is 0.459 e. The lowest BCUT2D eigenvalue weighted by atomic mass is 10.0. The number of furan rings is 1. The summed E-state index contributed by atoms with van der Waals surface area (Å²) in [5.74, 6) is 0.808. The Balaban J connectivity index is 2.03. The smallest absolute Gasteiger partial charge is 0.137 e. The highest BCUT2D eigenvalue weighted by Gasteiger charge is 2.22. The first-order valence-corrected chi connectivity index (χ1v) is 7.12. The molecule has 3 heteroatoms. The molecule has 19 heavy (non-hydrogen) atoms. The molecule has 1 aromatic heterocycles. The van der Waals surface area contributed by atoms with Gasteiger partial charge >= 0.3 is 0 Å². The van der Waals surface area contributed by atoms with Gasteiger partial charge < -0.3 is 9.73 Å². The molecule has 102 valence electrons. The van der Waals surface area contributed by atoms with Crippen molar-refractivity contribution in [3.8, 4) is 0 Å². The Labute approximate surface area is 113 Å². The molecular formula is C16H20FNO. The normalized spacial score (nSPS) is 15.3. The summed E-state index contributed by atoms with van der Waals surface area (Å²) < 4.78 is 19.6. The molecule has 1 aliphatic carbocycles. The van der Waals surface area contributed by atoms with Gasteiger partial charge in [0.05, 0.1) is 6.54 Å². The molecule has 2 nitrogen and oxygen atoms in total. The standard InChI is InChI=1S/C16H20FNO/c1-3-4-13-14-8-11(17)7-10(2)16(14)19-15(13)9-18-12-5-6-12/h7-8,12,18H,3-6,9H2,1-2H3. The monoisotopic (exact) mass is 261 g/mol. The van der Waals surface area contributed by atoms with E-state index in [1.165, 1.54) is 18.4 Å². The predicted octanol–water partition coefficient (Wildman–Crippen LogP) is 4.08. The van der Waals surface area contributed by atoms with E-state index >= 15 is 0 Å². The van der Waals surface area contributed by atoms with E-state index in [0.717, 1.165) is 41.7 Å². The van der Waals surface area contributed by atoms with Crippen molar-refractivity contribution in [1.82, 2.24) is 5.32 Å². The van der Waals surface area contributed by atoms with Crippen molar-refractivity contribution in [2.45, 2.75) is 52.1 Å². The minimum Gasteiger partial charge on any atom is -0.459 e. The average Bonchev–Trinajstić information content (AvgIpc) is 3.13. The van der Waals surface area contributed by atoms with Gasteiger partial charge in [0, 0.05) is 17.0 Å². The minimum atomic E-state index is -0.176. The van der Waals surface area contributed by atoms with Crippen LogP contribution in [0.3, 0.4) is 0 Å². The summed E-state index contributed by atoms with van der Waals surface area (Å²) in [6.45, 7) is 4.81. The van der Waals surface area contributed by atoms with E-state index < -0.39 is 0 Å². The highest BCUT2D eigenvalue weighted by Crippen LogP contribution is 2.31. The second kappa shape index (κ2) is 4.97. The number of hydrogen-bond donors (Lipinski definition) is 1. The Morgan fingerprint density at radius 1 is 1.37 bits per heavy atom. The van der Waals surface area contributed by atoms with Gasteiger partial charge in [0.2, 0.25) is 0 Å². The van der Waals surface area contributed by atoms with Gasteiger partial charge in [-0.25, -0.2) is 4.39 Å². The Bertz CT molecular complexity index is 598. The van der Waals surface area contributed by atoms with Crippen LogP contribution in [0.4, 0.5) is 4.39 Å². The van der Waals surface area contributed by atoms with Crippen molar-refractivity contribution in [2.75, 3.05) is 0 Å². The van der Waals surface area contributed by atoms with Crippen LogP contribution in [0.25, 0.3) is 11.0 Å². The van der Waals surface area contributed by atoms with Crippen LogP contribution in [0, 0.1) is 12.7 Å². The SMILES string of the molecule is CCCc1c(CNC2CC2)oc2c(C)cc(F)cc12. The van der Waals surface area contributed by atoms with Gasteiger partial charge in [-0.15, -0.1) is 0 Å². The molecule has 0 atom stereocenters. The van der Waals surface area contributed by atoms with Crippen molar-refractivity contribution < 1.29 is 8.81 Å². The van der Waals surface area contributed by atoms with Crippen LogP contribution < -0.4 is 5.32 Å². The van der Waals surface area contributed by atoms with E-state index in [1.807, 2.05) is 6.92 Å². The Morgan fingerprint density at radius 2 is 2.16 bits per heavy atom. The third kappa shape index (κ3) is 2.52. The predicted molar refractivity (Wildman–Crippen MR) is 74.8 cm³/mol. The average molecular weight is 261 g/mol. The lowest BCUT2D eigenvalue weighted by Gasteiger charge is -2.02. The second-order valence-electron chi connectivity index (χ2n) is 5.51. The number of aryl methyl sites for hydroxylation is 2. The third-order valence-electron chi connectivity index (χ3n) is 3.76. The molecule has 0 unspecified atom stereocenters. The number of fused-ring (bicyclic) bond motifs is 1. The third-order valence-corrected chi connectivity index (χ3v) is 3.76. The van der Waals surface area contributed by atoms with Crippen LogP contribution in [0.1, 0.15) is 43.1 Å². The molecule has 1 heterocycles. The first-order chi connectivity index (χ1) is 9.19. The number of hydrogen-bond acceptors (Lipinski definition) is 2. The zero-order valence-corrected chi connectivity index (χ0v) is 11.6. The Hall–Kier alpha value is -1.35. The van der Waals surface area contributed by atoms with Gasteiger partial charge in [0.15, 0.2) is 0 Å². The highest BCUT2D eigenvalue weighted by atomic mass is 19.1. The zero-order chi connectivity index (χ0) is 13.4. The summed E-state index contributed by atoms with van der Waals surface area (Å²) in [5.41, 5.74) is 2.90. The van der Waals surface area contributed by atoms with Crippen molar-refractivity contribution in [2.24, 2.45) is 0 Å². The summed E-state index contributed by atoms with van der Waals surface area (Å²) in [7, 11) is 0. The van der Waals surface area contributed by atoms with Crippen LogP contribution >= 0.6 is 0 Å². The fourth-order valence-electron chi connectivity index (χ4n) is 2.62. The van der Waals surface area contributed by atoms with Crippen molar-refractivity contribution in [3.63, 3.8) is 0 Å². The Morgan fingerprint density at radius 3 is 2.84 bits per heavy atom. The van der Waals surface area contributed by atoms with Crippen molar-refractivity contribution >= 4 is 11.0 Å². The topological polar surface area (TPSA) is 25.2 Å². The number of halogens is 1. The molecule has 0 spiro atoms. The molecule has 0 saturated heterocycles.